The molecule has 1 aromatic heterocycles. The summed E-state index contributed by atoms with van der Waals surface area (Å²) in [5, 5.41) is 2.60. The molecule has 0 radical (unpaired) electrons. The molecule has 0 aliphatic heterocycles. The van der Waals surface area contributed by atoms with Crippen LogP contribution in [0, 0.1) is 5.95 Å². The van der Waals surface area contributed by atoms with Crippen LogP contribution in [0.3, 0.4) is 0 Å². The normalized spacial score (nSPS) is 10.0. The van der Waals surface area contributed by atoms with Crippen LogP contribution >= 0.6 is 0 Å². The number of nitrogens with two attached hydrogens (primary N) is 1. The molecule has 5 heteroatoms. The molecule has 1 aromatic rings. The second-order valence-corrected chi connectivity index (χ2v) is 3.09. The summed E-state index contributed by atoms with van der Waals surface area (Å²) in [5.74, 6) is -1.17. The van der Waals surface area contributed by atoms with Gasteiger partial charge in [-0.2, -0.15) is 4.39 Å². The molecule has 4 nitrogen and oxygen atoms in total. The van der Waals surface area contributed by atoms with Gasteiger partial charge in [-0.15, -0.1) is 0 Å². The molecule has 82 valence electrons. The molecule has 0 atom stereocenters. The molecule has 0 aliphatic rings. The molecular formula is C10H14FN3O. The summed E-state index contributed by atoms with van der Waals surface area (Å²) < 4.78 is 13.0. The fourth-order valence-corrected chi connectivity index (χ4v) is 1.12. The summed E-state index contributed by atoms with van der Waals surface area (Å²) in [6, 6.07) is 2.93. The summed E-state index contributed by atoms with van der Waals surface area (Å²) in [7, 11) is 0. The minimum absolute atomic E-state index is 0.0229. The molecule has 0 bridgehead atoms. The molecular weight excluding hydrogens is 197 g/mol. The lowest BCUT2D eigenvalue weighted by Crippen LogP contribution is -2.26. The van der Waals surface area contributed by atoms with Gasteiger partial charge >= 0.3 is 0 Å². The first kappa shape index (κ1) is 11.6. The monoisotopic (exact) mass is 211 g/mol. The van der Waals surface area contributed by atoms with E-state index in [2.05, 4.69) is 10.3 Å². The average molecular weight is 211 g/mol. The highest BCUT2D eigenvalue weighted by Gasteiger charge is 2.10. The van der Waals surface area contributed by atoms with Gasteiger partial charge in [0.2, 0.25) is 5.95 Å². The van der Waals surface area contributed by atoms with E-state index in [4.69, 9.17) is 5.73 Å². The number of pyridine rings is 1. The Balaban J connectivity index is 2.44. The maximum absolute atomic E-state index is 13.0. The molecule has 0 spiro atoms. The molecule has 0 aromatic carbocycles. The van der Waals surface area contributed by atoms with Gasteiger partial charge in [0.05, 0.1) is 5.56 Å². The number of nitrogens with one attached hydrogen (secondary N) is 1. The van der Waals surface area contributed by atoms with Crippen molar-refractivity contribution in [2.24, 2.45) is 5.73 Å². The number of carbonyl (C=O) groups is 1. The maximum atomic E-state index is 13.0. The van der Waals surface area contributed by atoms with Crippen molar-refractivity contribution in [3.8, 4) is 0 Å². The van der Waals surface area contributed by atoms with Crippen molar-refractivity contribution in [2.45, 2.75) is 12.8 Å². The standard InChI is InChI=1S/C10H14FN3O/c11-9-8(4-3-7-13-9)10(15)14-6-2-1-5-12/h3-4,7H,1-2,5-6,12H2,(H,14,15). The number of rotatable bonds is 5. The molecule has 0 saturated heterocycles. The lowest BCUT2D eigenvalue weighted by molar-refractivity contribution is 0.0948. The zero-order valence-corrected chi connectivity index (χ0v) is 8.37. The third kappa shape index (κ3) is 3.63. The van der Waals surface area contributed by atoms with Crippen molar-refractivity contribution >= 4 is 5.91 Å². The van der Waals surface area contributed by atoms with Crippen LogP contribution in [0.2, 0.25) is 0 Å². The Labute approximate surface area is 87.7 Å². The summed E-state index contributed by atoms with van der Waals surface area (Å²) in [6.07, 6.45) is 2.94. The molecule has 0 unspecified atom stereocenters. The van der Waals surface area contributed by atoms with Crippen molar-refractivity contribution < 1.29 is 9.18 Å². The predicted octanol–water partition coefficient (Wildman–Crippen LogP) is 0.689. The predicted molar refractivity (Wildman–Crippen MR) is 54.8 cm³/mol. The fourth-order valence-electron chi connectivity index (χ4n) is 1.12. The van der Waals surface area contributed by atoms with Gasteiger partial charge in [-0.25, -0.2) is 4.98 Å². The summed E-state index contributed by atoms with van der Waals surface area (Å²) >= 11 is 0. The van der Waals surface area contributed by atoms with Crippen LogP contribution in [0.1, 0.15) is 23.2 Å². The maximum Gasteiger partial charge on any atom is 0.255 e. The van der Waals surface area contributed by atoms with Gasteiger partial charge in [0.1, 0.15) is 0 Å². The van der Waals surface area contributed by atoms with Gasteiger partial charge in [0.15, 0.2) is 0 Å². The molecule has 0 fully saturated rings. The van der Waals surface area contributed by atoms with E-state index in [1.54, 1.807) is 0 Å². The van der Waals surface area contributed by atoms with Crippen LogP contribution < -0.4 is 11.1 Å². The highest BCUT2D eigenvalue weighted by atomic mass is 19.1. The molecule has 0 aliphatic carbocycles. The van der Waals surface area contributed by atoms with Crippen molar-refractivity contribution in [1.82, 2.24) is 10.3 Å². The van der Waals surface area contributed by atoms with E-state index in [1.807, 2.05) is 0 Å². The fraction of sp³-hybridized carbons (Fsp3) is 0.400. The minimum Gasteiger partial charge on any atom is -0.352 e. The number of unbranched alkanes of at least 4 members (excludes halogenated alkanes) is 1. The second-order valence-electron chi connectivity index (χ2n) is 3.09. The summed E-state index contributed by atoms with van der Waals surface area (Å²) in [5.41, 5.74) is 5.28. The lowest BCUT2D eigenvalue weighted by Gasteiger charge is -2.04. The van der Waals surface area contributed by atoms with Crippen LogP contribution in [0.4, 0.5) is 4.39 Å². The van der Waals surface area contributed by atoms with Crippen molar-refractivity contribution in [1.29, 1.82) is 0 Å². The van der Waals surface area contributed by atoms with E-state index in [0.717, 1.165) is 12.8 Å². The number of hydrogen-bond acceptors (Lipinski definition) is 3. The Morgan fingerprint density at radius 3 is 3.00 bits per heavy atom. The number of amides is 1. The van der Waals surface area contributed by atoms with Gasteiger partial charge in [-0.3, -0.25) is 4.79 Å². The lowest BCUT2D eigenvalue weighted by atomic mass is 10.2. The van der Waals surface area contributed by atoms with E-state index in [0.29, 0.717) is 13.1 Å². The zero-order valence-electron chi connectivity index (χ0n) is 8.37. The highest BCUT2D eigenvalue weighted by Crippen LogP contribution is 2.02. The van der Waals surface area contributed by atoms with E-state index >= 15 is 0 Å². The van der Waals surface area contributed by atoms with Gasteiger partial charge < -0.3 is 11.1 Å². The average Bonchev–Trinajstić information content (AvgIpc) is 2.25. The van der Waals surface area contributed by atoms with Crippen LogP contribution in [0.5, 0.6) is 0 Å². The molecule has 1 heterocycles. The molecule has 1 amide bonds. The van der Waals surface area contributed by atoms with E-state index in [-0.39, 0.29) is 5.56 Å². The number of halogens is 1. The smallest absolute Gasteiger partial charge is 0.255 e. The minimum atomic E-state index is -0.742. The first-order chi connectivity index (χ1) is 7.25. The topological polar surface area (TPSA) is 68.0 Å². The third-order valence-corrected chi connectivity index (χ3v) is 1.92. The zero-order chi connectivity index (χ0) is 11.1. The van der Waals surface area contributed by atoms with E-state index in [1.165, 1.54) is 18.3 Å². The first-order valence-corrected chi connectivity index (χ1v) is 4.84. The van der Waals surface area contributed by atoms with Gasteiger partial charge in [-0.05, 0) is 31.5 Å². The third-order valence-electron chi connectivity index (χ3n) is 1.92. The van der Waals surface area contributed by atoms with E-state index < -0.39 is 11.9 Å². The molecule has 1 rings (SSSR count). The first-order valence-electron chi connectivity index (χ1n) is 4.84. The summed E-state index contributed by atoms with van der Waals surface area (Å²) in [4.78, 5) is 14.8. The Morgan fingerprint density at radius 1 is 1.53 bits per heavy atom. The van der Waals surface area contributed by atoms with Crippen molar-refractivity contribution in [2.75, 3.05) is 13.1 Å². The van der Waals surface area contributed by atoms with Gasteiger partial charge in [0.25, 0.3) is 5.91 Å². The number of hydrogen-bond donors (Lipinski definition) is 2. The van der Waals surface area contributed by atoms with Gasteiger partial charge in [0, 0.05) is 12.7 Å². The van der Waals surface area contributed by atoms with Crippen LogP contribution in [0.25, 0.3) is 0 Å². The van der Waals surface area contributed by atoms with Crippen molar-refractivity contribution in [3.63, 3.8) is 0 Å². The second kappa shape index (κ2) is 6.08. The number of nitrogens with zero attached hydrogens (tertiary/aromatic N) is 1. The Kier molecular flexibility index (Phi) is 4.70. The van der Waals surface area contributed by atoms with E-state index in [9.17, 15) is 9.18 Å². The SMILES string of the molecule is NCCCCNC(=O)c1cccnc1F. The van der Waals surface area contributed by atoms with Crippen LogP contribution in [0.15, 0.2) is 18.3 Å². The Bertz CT molecular complexity index is 330. The Hall–Kier alpha value is -1.49. The molecule has 0 saturated carbocycles. The largest absolute Gasteiger partial charge is 0.352 e. The summed E-state index contributed by atoms with van der Waals surface area (Å²) in [6.45, 7) is 1.10. The van der Waals surface area contributed by atoms with Crippen LogP contribution in [-0.2, 0) is 0 Å². The molecule has 3 N–H and O–H groups in total. The Morgan fingerprint density at radius 2 is 2.33 bits per heavy atom. The quantitative estimate of drug-likeness (QED) is 0.556. The molecule has 15 heavy (non-hydrogen) atoms. The number of aromatic nitrogens is 1. The van der Waals surface area contributed by atoms with Crippen molar-refractivity contribution in [3.05, 3.63) is 29.8 Å². The van der Waals surface area contributed by atoms with Crippen LogP contribution in [-0.4, -0.2) is 24.0 Å². The highest BCUT2D eigenvalue weighted by molar-refractivity contribution is 5.94. The number of carbonyl (C=O) groups excluding carboxylic acids is 1. The van der Waals surface area contributed by atoms with Gasteiger partial charge in [-0.1, -0.05) is 0 Å².